The van der Waals surface area contributed by atoms with Crippen LogP contribution >= 0.6 is 11.6 Å². The van der Waals surface area contributed by atoms with E-state index in [1.165, 1.54) is 10.9 Å². The fourth-order valence-electron chi connectivity index (χ4n) is 2.00. The third-order valence-corrected chi connectivity index (χ3v) is 3.40. The van der Waals surface area contributed by atoms with Crippen molar-refractivity contribution in [3.63, 3.8) is 0 Å². The second kappa shape index (κ2) is 6.56. The molecule has 0 saturated heterocycles. The standard InChI is InChI=1S/C12H15ClN6O3/c1-8-11(19(21)22)6-16-18(8)9(2)12(20)14-3-4-17-7-10(13)5-15-17/h5-7,9H,3-4H2,1-2H3,(H,14,20). The zero-order chi connectivity index (χ0) is 16.3. The van der Waals surface area contributed by atoms with E-state index in [1.807, 2.05) is 0 Å². The van der Waals surface area contributed by atoms with E-state index in [9.17, 15) is 14.9 Å². The van der Waals surface area contributed by atoms with E-state index in [2.05, 4.69) is 15.5 Å². The molecule has 0 aliphatic rings. The van der Waals surface area contributed by atoms with Crippen LogP contribution in [0.3, 0.4) is 0 Å². The van der Waals surface area contributed by atoms with Crippen LogP contribution in [0.2, 0.25) is 5.02 Å². The molecular weight excluding hydrogens is 312 g/mol. The van der Waals surface area contributed by atoms with E-state index in [4.69, 9.17) is 11.6 Å². The van der Waals surface area contributed by atoms with Crippen molar-refractivity contribution in [1.82, 2.24) is 24.9 Å². The van der Waals surface area contributed by atoms with Gasteiger partial charge in [-0.15, -0.1) is 0 Å². The van der Waals surface area contributed by atoms with E-state index < -0.39 is 11.0 Å². The van der Waals surface area contributed by atoms with Gasteiger partial charge >= 0.3 is 5.69 Å². The van der Waals surface area contributed by atoms with Crippen LogP contribution in [0.15, 0.2) is 18.6 Å². The number of aromatic nitrogens is 4. The van der Waals surface area contributed by atoms with Gasteiger partial charge in [0, 0.05) is 12.7 Å². The lowest BCUT2D eigenvalue weighted by Gasteiger charge is -2.14. The maximum absolute atomic E-state index is 12.1. The Balaban J connectivity index is 1.93. The molecule has 0 saturated carbocycles. The van der Waals surface area contributed by atoms with Crippen molar-refractivity contribution in [3.8, 4) is 0 Å². The average Bonchev–Trinajstić information content (AvgIpc) is 3.04. The first-order valence-corrected chi connectivity index (χ1v) is 6.92. The number of nitro groups is 1. The average molecular weight is 327 g/mol. The van der Waals surface area contributed by atoms with Crippen molar-refractivity contribution in [3.05, 3.63) is 39.4 Å². The third-order valence-electron chi connectivity index (χ3n) is 3.20. The Morgan fingerprint density at radius 3 is 2.77 bits per heavy atom. The lowest BCUT2D eigenvalue weighted by Crippen LogP contribution is -2.34. The second-order valence-electron chi connectivity index (χ2n) is 4.71. The van der Waals surface area contributed by atoms with Gasteiger partial charge < -0.3 is 5.32 Å². The molecule has 2 rings (SSSR count). The van der Waals surface area contributed by atoms with Gasteiger partial charge in [-0.2, -0.15) is 10.2 Å². The summed E-state index contributed by atoms with van der Waals surface area (Å²) in [6.07, 6.45) is 4.31. The Labute approximate surface area is 131 Å². The Hall–Kier alpha value is -2.42. The first kappa shape index (κ1) is 16.0. The predicted octanol–water partition coefficient (Wildman–Crippen LogP) is 1.33. The Morgan fingerprint density at radius 1 is 1.50 bits per heavy atom. The molecule has 9 nitrogen and oxygen atoms in total. The van der Waals surface area contributed by atoms with Crippen molar-refractivity contribution < 1.29 is 9.72 Å². The summed E-state index contributed by atoms with van der Waals surface area (Å²) in [5.41, 5.74) is 0.234. The molecule has 0 aromatic carbocycles. The van der Waals surface area contributed by atoms with Crippen LogP contribution in [0.4, 0.5) is 5.69 Å². The van der Waals surface area contributed by atoms with Gasteiger partial charge in [0.15, 0.2) is 0 Å². The van der Waals surface area contributed by atoms with Gasteiger partial charge in [0.05, 0.1) is 22.7 Å². The van der Waals surface area contributed by atoms with Crippen LogP contribution in [0, 0.1) is 17.0 Å². The number of halogens is 1. The molecular formula is C12H15ClN6O3. The molecule has 1 N–H and O–H groups in total. The summed E-state index contributed by atoms with van der Waals surface area (Å²) in [7, 11) is 0. The van der Waals surface area contributed by atoms with Gasteiger partial charge in [-0.3, -0.25) is 24.3 Å². The van der Waals surface area contributed by atoms with Crippen molar-refractivity contribution in [2.45, 2.75) is 26.4 Å². The summed E-state index contributed by atoms with van der Waals surface area (Å²) in [5.74, 6) is -0.278. The minimum atomic E-state index is -0.644. The molecule has 2 aromatic heterocycles. The maximum Gasteiger partial charge on any atom is 0.309 e. The SMILES string of the molecule is Cc1c([N+](=O)[O-])cnn1C(C)C(=O)NCCn1cc(Cl)cn1. The number of hydrogen-bond acceptors (Lipinski definition) is 5. The highest BCUT2D eigenvalue weighted by Gasteiger charge is 2.23. The first-order valence-electron chi connectivity index (χ1n) is 6.54. The highest BCUT2D eigenvalue weighted by Crippen LogP contribution is 2.19. The molecule has 1 unspecified atom stereocenters. The Bertz CT molecular complexity index is 695. The van der Waals surface area contributed by atoms with Gasteiger partial charge in [0.1, 0.15) is 17.9 Å². The fraction of sp³-hybridized carbons (Fsp3) is 0.417. The fourth-order valence-corrected chi connectivity index (χ4v) is 2.15. The number of carbonyl (C=O) groups excluding carboxylic acids is 1. The van der Waals surface area contributed by atoms with Gasteiger partial charge in [0.25, 0.3) is 0 Å². The van der Waals surface area contributed by atoms with Gasteiger partial charge in [-0.05, 0) is 13.8 Å². The topological polar surface area (TPSA) is 108 Å². The molecule has 118 valence electrons. The molecule has 10 heteroatoms. The number of nitrogens with zero attached hydrogens (tertiary/aromatic N) is 5. The molecule has 1 atom stereocenters. The second-order valence-corrected chi connectivity index (χ2v) is 5.14. The molecule has 22 heavy (non-hydrogen) atoms. The summed E-state index contributed by atoms with van der Waals surface area (Å²) in [4.78, 5) is 22.3. The summed E-state index contributed by atoms with van der Waals surface area (Å²) >= 11 is 5.74. The lowest BCUT2D eigenvalue weighted by atomic mass is 10.3. The molecule has 0 spiro atoms. The van der Waals surface area contributed by atoms with Crippen molar-refractivity contribution in [2.75, 3.05) is 6.54 Å². The van der Waals surface area contributed by atoms with Gasteiger partial charge in [-0.25, -0.2) is 0 Å². The zero-order valence-electron chi connectivity index (χ0n) is 12.1. The van der Waals surface area contributed by atoms with E-state index in [0.717, 1.165) is 6.20 Å². The number of carbonyl (C=O) groups is 1. The molecule has 1 amide bonds. The van der Waals surface area contributed by atoms with Crippen LogP contribution in [0.1, 0.15) is 18.7 Å². The third kappa shape index (κ3) is 3.42. The summed E-state index contributed by atoms with van der Waals surface area (Å²) < 4.78 is 2.94. The number of amides is 1. The first-order chi connectivity index (χ1) is 10.4. The van der Waals surface area contributed by atoms with Gasteiger partial charge in [-0.1, -0.05) is 11.6 Å². The largest absolute Gasteiger partial charge is 0.352 e. The summed E-state index contributed by atoms with van der Waals surface area (Å²) in [6.45, 7) is 4.03. The van der Waals surface area contributed by atoms with E-state index in [1.54, 1.807) is 24.7 Å². The molecule has 0 aliphatic carbocycles. The number of rotatable bonds is 6. The minimum Gasteiger partial charge on any atom is -0.352 e. The molecule has 2 heterocycles. The molecule has 0 radical (unpaired) electrons. The highest BCUT2D eigenvalue weighted by atomic mass is 35.5. The Morgan fingerprint density at radius 2 is 2.23 bits per heavy atom. The zero-order valence-corrected chi connectivity index (χ0v) is 12.8. The Kier molecular flexibility index (Phi) is 4.76. The smallest absolute Gasteiger partial charge is 0.309 e. The number of hydrogen-bond donors (Lipinski definition) is 1. The van der Waals surface area contributed by atoms with E-state index in [0.29, 0.717) is 23.8 Å². The predicted molar refractivity (Wildman–Crippen MR) is 78.6 cm³/mol. The van der Waals surface area contributed by atoms with Crippen molar-refractivity contribution in [1.29, 1.82) is 0 Å². The van der Waals surface area contributed by atoms with Crippen LogP contribution in [0.25, 0.3) is 0 Å². The monoisotopic (exact) mass is 326 g/mol. The van der Waals surface area contributed by atoms with Crippen LogP contribution < -0.4 is 5.32 Å². The maximum atomic E-state index is 12.1. The van der Waals surface area contributed by atoms with Crippen LogP contribution in [-0.4, -0.2) is 36.9 Å². The van der Waals surface area contributed by atoms with E-state index in [-0.39, 0.29) is 11.6 Å². The normalized spacial score (nSPS) is 12.1. The highest BCUT2D eigenvalue weighted by molar-refractivity contribution is 6.30. The van der Waals surface area contributed by atoms with E-state index >= 15 is 0 Å². The van der Waals surface area contributed by atoms with Crippen molar-refractivity contribution in [2.24, 2.45) is 0 Å². The minimum absolute atomic E-state index is 0.106. The lowest BCUT2D eigenvalue weighted by molar-refractivity contribution is -0.385. The van der Waals surface area contributed by atoms with Crippen molar-refractivity contribution >= 4 is 23.2 Å². The number of nitrogens with one attached hydrogen (secondary N) is 1. The molecule has 0 aliphatic heterocycles. The van der Waals surface area contributed by atoms with Crippen LogP contribution in [-0.2, 0) is 11.3 Å². The molecule has 0 fully saturated rings. The molecule has 0 bridgehead atoms. The summed E-state index contributed by atoms with van der Waals surface area (Å²) in [6, 6.07) is -0.644. The van der Waals surface area contributed by atoms with Gasteiger partial charge in [0.2, 0.25) is 5.91 Å². The molecule has 2 aromatic rings. The van der Waals surface area contributed by atoms with Crippen LogP contribution in [0.5, 0.6) is 0 Å². The quantitative estimate of drug-likeness (QED) is 0.636. The summed E-state index contributed by atoms with van der Waals surface area (Å²) in [5, 5.41) is 21.9.